The molecule has 1 aliphatic carbocycles. The van der Waals surface area contributed by atoms with Gasteiger partial charge in [-0.05, 0) is 31.2 Å². The average Bonchev–Trinajstić information content (AvgIpc) is 2.83. The van der Waals surface area contributed by atoms with Gasteiger partial charge in [-0.2, -0.15) is 0 Å². The van der Waals surface area contributed by atoms with Gasteiger partial charge in [-0.15, -0.1) is 0 Å². The lowest BCUT2D eigenvalue weighted by Crippen LogP contribution is -2.15. The van der Waals surface area contributed by atoms with Crippen LogP contribution in [-0.4, -0.2) is 11.1 Å². The number of hydrogen-bond acceptors (Lipinski definition) is 3. The van der Waals surface area contributed by atoms with Gasteiger partial charge in [-0.1, -0.05) is 35.5 Å². The van der Waals surface area contributed by atoms with Crippen molar-refractivity contribution in [3.8, 4) is 0 Å². The lowest BCUT2D eigenvalue weighted by molar-refractivity contribution is -0.115. The van der Waals surface area contributed by atoms with E-state index in [1.165, 1.54) is 0 Å². The third-order valence-electron chi connectivity index (χ3n) is 3.42. The van der Waals surface area contributed by atoms with Crippen molar-refractivity contribution in [3.05, 3.63) is 47.2 Å². The number of fused-ring (bicyclic) bond motifs is 1. The van der Waals surface area contributed by atoms with Gasteiger partial charge in [0.2, 0.25) is 11.8 Å². The van der Waals surface area contributed by atoms with Crippen LogP contribution in [0.3, 0.4) is 0 Å². The molecule has 98 valence electrons. The fourth-order valence-corrected chi connectivity index (χ4v) is 2.44. The van der Waals surface area contributed by atoms with Crippen LogP contribution < -0.4 is 5.32 Å². The predicted octanol–water partition coefficient (Wildman–Crippen LogP) is 2.73. The van der Waals surface area contributed by atoms with E-state index in [1.807, 2.05) is 30.3 Å². The number of rotatable bonds is 3. The Bertz CT molecular complexity index is 575. The first-order chi connectivity index (χ1) is 9.33. The molecule has 4 nitrogen and oxygen atoms in total. The summed E-state index contributed by atoms with van der Waals surface area (Å²) >= 11 is 0. The van der Waals surface area contributed by atoms with Gasteiger partial charge in [0, 0.05) is 5.56 Å². The zero-order valence-corrected chi connectivity index (χ0v) is 10.7. The van der Waals surface area contributed by atoms with Crippen LogP contribution in [0.25, 0.3) is 0 Å². The van der Waals surface area contributed by atoms with Crippen molar-refractivity contribution in [2.75, 3.05) is 5.32 Å². The molecule has 1 aromatic heterocycles. The number of aromatic nitrogens is 1. The Morgan fingerprint density at radius 3 is 2.84 bits per heavy atom. The van der Waals surface area contributed by atoms with Crippen LogP contribution in [0.4, 0.5) is 5.88 Å². The van der Waals surface area contributed by atoms with Crippen molar-refractivity contribution in [1.82, 2.24) is 5.16 Å². The SMILES string of the molecule is O=C(Cc1ccccc1)Nc1onc2c1CCCC2. The number of anilines is 1. The van der Waals surface area contributed by atoms with Crippen LogP contribution in [-0.2, 0) is 24.1 Å². The standard InChI is InChI=1S/C15H16N2O2/c18-14(10-11-6-2-1-3-7-11)16-15-12-8-4-5-9-13(12)17-19-15/h1-3,6-7H,4-5,8-10H2,(H,16,18). The molecule has 1 N–H and O–H groups in total. The van der Waals surface area contributed by atoms with E-state index >= 15 is 0 Å². The Morgan fingerprint density at radius 1 is 1.21 bits per heavy atom. The molecule has 0 bridgehead atoms. The summed E-state index contributed by atoms with van der Waals surface area (Å²) in [4.78, 5) is 12.0. The maximum Gasteiger partial charge on any atom is 0.234 e. The fraction of sp³-hybridized carbons (Fsp3) is 0.333. The van der Waals surface area contributed by atoms with E-state index in [0.717, 1.165) is 42.5 Å². The lowest BCUT2D eigenvalue weighted by Gasteiger charge is -2.09. The summed E-state index contributed by atoms with van der Waals surface area (Å²) in [6, 6.07) is 9.68. The van der Waals surface area contributed by atoms with Gasteiger partial charge < -0.3 is 4.52 Å². The van der Waals surface area contributed by atoms with Gasteiger partial charge >= 0.3 is 0 Å². The minimum absolute atomic E-state index is 0.0595. The first-order valence-electron chi connectivity index (χ1n) is 6.64. The number of aryl methyl sites for hydroxylation is 1. The molecule has 0 fully saturated rings. The monoisotopic (exact) mass is 256 g/mol. The summed E-state index contributed by atoms with van der Waals surface area (Å²) in [6.45, 7) is 0. The third kappa shape index (κ3) is 2.67. The number of nitrogens with one attached hydrogen (secondary N) is 1. The van der Waals surface area contributed by atoms with E-state index < -0.39 is 0 Å². The maximum atomic E-state index is 12.0. The number of nitrogens with zero attached hydrogens (tertiary/aromatic N) is 1. The zero-order chi connectivity index (χ0) is 13.1. The molecule has 2 aromatic rings. The first kappa shape index (κ1) is 12.0. The number of carbonyl (C=O) groups is 1. The van der Waals surface area contributed by atoms with Gasteiger partial charge in [0.05, 0.1) is 12.1 Å². The van der Waals surface area contributed by atoms with Gasteiger partial charge in [-0.3, -0.25) is 10.1 Å². The quantitative estimate of drug-likeness (QED) is 0.918. The third-order valence-corrected chi connectivity index (χ3v) is 3.42. The van der Waals surface area contributed by atoms with Gasteiger partial charge in [0.1, 0.15) is 0 Å². The number of benzene rings is 1. The number of carbonyl (C=O) groups excluding carboxylic acids is 1. The van der Waals surface area contributed by atoms with E-state index in [-0.39, 0.29) is 5.91 Å². The Balaban J connectivity index is 1.68. The molecule has 3 rings (SSSR count). The Labute approximate surface area is 111 Å². The molecule has 0 spiro atoms. The second-order valence-corrected chi connectivity index (χ2v) is 4.85. The molecule has 0 aliphatic heterocycles. The molecule has 19 heavy (non-hydrogen) atoms. The molecule has 1 aliphatic rings. The minimum atomic E-state index is -0.0595. The molecule has 0 saturated carbocycles. The zero-order valence-electron chi connectivity index (χ0n) is 10.7. The average molecular weight is 256 g/mol. The highest BCUT2D eigenvalue weighted by molar-refractivity contribution is 5.91. The highest BCUT2D eigenvalue weighted by Crippen LogP contribution is 2.27. The maximum absolute atomic E-state index is 12.0. The Kier molecular flexibility index (Phi) is 3.31. The molecular formula is C15H16N2O2. The summed E-state index contributed by atoms with van der Waals surface area (Å²) < 4.78 is 5.24. The summed E-state index contributed by atoms with van der Waals surface area (Å²) in [6.07, 6.45) is 4.54. The molecule has 0 atom stereocenters. The van der Waals surface area contributed by atoms with E-state index in [1.54, 1.807) is 0 Å². The number of amides is 1. The van der Waals surface area contributed by atoms with Crippen molar-refractivity contribution >= 4 is 11.8 Å². The van der Waals surface area contributed by atoms with E-state index in [2.05, 4.69) is 10.5 Å². The van der Waals surface area contributed by atoms with Crippen molar-refractivity contribution in [2.24, 2.45) is 0 Å². The molecule has 0 radical (unpaired) electrons. The van der Waals surface area contributed by atoms with Gasteiger partial charge in [0.25, 0.3) is 0 Å². The van der Waals surface area contributed by atoms with Crippen LogP contribution in [0.15, 0.2) is 34.9 Å². The second kappa shape index (κ2) is 5.26. The highest BCUT2D eigenvalue weighted by Gasteiger charge is 2.20. The molecular weight excluding hydrogens is 240 g/mol. The predicted molar refractivity (Wildman–Crippen MR) is 71.9 cm³/mol. The van der Waals surface area contributed by atoms with Crippen molar-refractivity contribution in [3.63, 3.8) is 0 Å². The molecule has 0 unspecified atom stereocenters. The number of hydrogen-bond donors (Lipinski definition) is 1. The van der Waals surface area contributed by atoms with E-state index in [0.29, 0.717) is 12.3 Å². The van der Waals surface area contributed by atoms with Crippen LogP contribution in [0, 0.1) is 0 Å². The summed E-state index contributed by atoms with van der Waals surface area (Å²) in [5.74, 6) is 0.478. The summed E-state index contributed by atoms with van der Waals surface area (Å²) in [7, 11) is 0. The first-order valence-corrected chi connectivity index (χ1v) is 6.64. The van der Waals surface area contributed by atoms with Crippen LogP contribution in [0.5, 0.6) is 0 Å². The van der Waals surface area contributed by atoms with Gasteiger partial charge in [-0.25, -0.2) is 0 Å². The minimum Gasteiger partial charge on any atom is -0.338 e. The molecule has 1 amide bonds. The van der Waals surface area contributed by atoms with Crippen LogP contribution in [0.2, 0.25) is 0 Å². The van der Waals surface area contributed by atoms with Crippen LogP contribution >= 0.6 is 0 Å². The Hall–Kier alpha value is -2.10. The summed E-state index contributed by atoms with van der Waals surface area (Å²) in [5, 5.41) is 6.86. The van der Waals surface area contributed by atoms with Crippen molar-refractivity contribution in [2.45, 2.75) is 32.1 Å². The van der Waals surface area contributed by atoms with Crippen molar-refractivity contribution in [1.29, 1.82) is 0 Å². The molecule has 4 heteroatoms. The molecule has 1 heterocycles. The normalized spacial score (nSPS) is 13.9. The molecule has 1 aromatic carbocycles. The molecule has 0 saturated heterocycles. The van der Waals surface area contributed by atoms with E-state index in [9.17, 15) is 4.79 Å². The Morgan fingerprint density at radius 2 is 2.00 bits per heavy atom. The lowest BCUT2D eigenvalue weighted by atomic mass is 9.97. The van der Waals surface area contributed by atoms with E-state index in [4.69, 9.17) is 4.52 Å². The highest BCUT2D eigenvalue weighted by atomic mass is 16.5. The van der Waals surface area contributed by atoms with Crippen LogP contribution in [0.1, 0.15) is 29.7 Å². The van der Waals surface area contributed by atoms with Gasteiger partial charge in [0.15, 0.2) is 0 Å². The van der Waals surface area contributed by atoms with Crippen molar-refractivity contribution < 1.29 is 9.32 Å². The summed E-state index contributed by atoms with van der Waals surface area (Å²) in [5.41, 5.74) is 3.07. The smallest absolute Gasteiger partial charge is 0.234 e. The topological polar surface area (TPSA) is 55.1 Å². The fourth-order valence-electron chi connectivity index (χ4n) is 2.44. The largest absolute Gasteiger partial charge is 0.338 e. The second-order valence-electron chi connectivity index (χ2n) is 4.85.